The van der Waals surface area contributed by atoms with Gasteiger partial charge in [0.15, 0.2) is 0 Å². The Bertz CT molecular complexity index is 492. The van der Waals surface area contributed by atoms with Gasteiger partial charge in [-0.1, -0.05) is 6.92 Å². The van der Waals surface area contributed by atoms with Gasteiger partial charge in [-0.3, -0.25) is 4.68 Å². The molecule has 2 aromatic rings. The Balaban J connectivity index is 2.09. The summed E-state index contributed by atoms with van der Waals surface area (Å²) in [5, 5.41) is 10.1. The maximum atomic E-state index is 4.23. The highest BCUT2D eigenvalue weighted by Crippen LogP contribution is 2.27. The van der Waals surface area contributed by atoms with Crippen LogP contribution in [0, 0.1) is 0 Å². The van der Waals surface area contributed by atoms with Gasteiger partial charge in [0.25, 0.3) is 0 Å². The highest BCUT2D eigenvalue weighted by Gasteiger charge is 2.14. The second-order valence-electron chi connectivity index (χ2n) is 4.42. The van der Waals surface area contributed by atoms with Gasteiger partial charge in [0, 0.05) is 19.3 Å². The van der Waals surface area contributed by atoms with Crippen LogP contribution in [0.25, 0.3) is 0 Å². The first-order chi connectivity index (χ1) is 8.69. The van der Waals surface area contributed by atoms with Crippen LogP contribution in [0.1, 0.15) is 30.5 Å². The molecular weight excluding hydrogens is 310 g/mol. The number of hydrogen-bond acceptors (Lipinski definition) is 3. The fourth-order valence-corrected chi connectivity index (χ4v) is 3.18. The van der Waals surface area contributed by atoms with Crippen LogP contribution < -0.4 is 5.32 Å². The first kappa shape index (κ1) is 13.8. The standard InChI is InChI=1S/C13H18BrN3S/c1-3-4-15-12(11-6-13(14)18-9-11)5-10-7-16-17(2)8-10/h6-9,12,15H,3-5H2,1-2H3. The third-order valence-electron chi connectivity index (χ3n) is 2.83. The lowest BCUT2D eigenvalue weighted by Gasteiger charge is -2.16. The molecule has 1 N–H and O–H groups in total. The summed E-state index contributed by atoms with van der Waals surface area (Å²) >= 11 is 5.27. The van der Waals surface area contributed by atoms with E-state index in [1.807, 2.05) is 17.9 Å². The minimum Gasteiger partial charge on any atom is -0.310 e. The van der Waals surface area contributed by atoms with E-state index in [0.29, 0.717) is 6.04 Å². The smallest absolute Gasteiger partial charge is 0.0701 e. The lowest BCUT2D eigenvalue weighted by atomic mass is 10.0. The molecule has 0 aliphatic heterocycles. The molecule has 3 nitrogen and oxygen atoms in total. The Morgan fingerprint density at radius 3 is 2.94 bits per heavy atom. The van der Waals surface area contributed by atoms with E-state index in [1.165, 1.54) is 14.9 Å². The van der Waals surface area contributed by atoms with E-state index in [-0.39, 0.29) is 0 Å². The van der Waals surface area contributed by atoms with E-state index in [4.69, 9.17) is 0 Å². The number of rotatable bonds is 6. The predicted octanol–water partition coefficient (Wildman–Crippen LogP) is 3.53. The molecule has 0 bridgehead atoms. The number of nitrogens with one attached hydrogen (secondary N) is 1. The molecule has 98 valence electrons. The van der Waals surface area contributed by atoms with Crippen LogP contribution in [0.4, 0.5) is 0 Å². The summed E-state index contributed by atoms with van der Waals surface area (Å²) in [6.45, 7) is 3.23. The van der Waals surface area contributed by atoms with Crippen LogP contribution in [0.3, 0.4) is 0 Å². The van der Waals surface area contributed by atoms with Crippen LogP contribution in [-0.4, -0.2) is 16.3 Å². The van der Waals surface area contributed by atoms with Crippen molar-refractivity contribution in [1.82, 2.24) is 15.1 Å². The zero-order valence-corrected chi connectivity index (χ0v) is 13.1. The molecule has 18 heavy (non-hydrogen) atoms. The Hall–Kier alpha value is -0.650. The molecule has 2 heterocycles. The van der Waals surface area contributed by atoms with Gasteiger partial charge in [0.05, 0.1) is 9.98 Å². The van der Waals surface area contributed by atoms with Crippen molar-refractivity contribution in [2.45, 2.75) is 25.8 Å². The van der Waals surface area contributed by atoms with Crippen molar-refractivity contribution in [3.8, 4) is 0 Å². The van der Waals surface area contributed by atoms with Crippen LogP contribution >= 0.6 is 27.3 Å². The topological polar surface area (TPSA) is 29.9 Å². The number of nitrogens with zero attached hydrogens (tertiary/aromatic N) is 2. The molecule has 0 spiro atoms. The molecule has 5 heteroatoms. The Kier molecular flexibility index (Phi) is 4.97. The van der Waals surface area contributed by atoms with Crippen molar-refractivity contribution in [2.75, 3.05) is 6.54 Å². The largest absolute Gasteiger partial charge is 0.310 e. The summed E-state index contributed by atoms with van der Waals surface area (Å²) in [5.41, 5.74) is 2.62. The average molecular weight is 328 g/mol. The molecule has 0 saturated carbocycles. The third-order valence-corrected chi connectivity index (χ3v) is 4.35. The van der Waals surface area contributed by atoms with Crippen molar-refractivity contribution in [3.63, 3.8) is 0 Å². The van der Waals surface area contributed by atoms with Gasteiger partial charge >= 0.3 is 0 Å². The zero-order valence-electron chi connectivity index (χ0n) is 10.7. The molecule has 1 atom stereocenters. The van der Waals surface area contributed by atoms with Crippen molar-refractivity contribution in [2.24, 2.45) is 7.05 Å². The monoisotopic (exact) mass is 327 g/mol. The first-order valence-electron chi connectivity index (χ1n) is 6.14. The zero-order chi connectivity index (χ0) is 13.0. The van der Waals surface area contributed by atoms with Gasteiger partial charge in [-0.15, -0.1) is 11.3 Å². The Morgan fingerprint density at radius 2 is 2.39 bits per heavy atom. The second-order valence-corrected chi connectivity index (χ2v) is 6.71. The lowest BCUT2D eigenvalue weighted by molar-refractivity contribution is 0.530. The molecule has 0 saturated heterocycles. The van der Waals surface area contributed by atoms with Crippen molar-refractivity contribution < 1.29 is 0 Å². The maximum absolute atomic E-state index is 4.23. The average Bonchev–Trinajstić information content (AvgIpc) is 2.93. The molecule has 0 amide bonds. The maximum Gasteiger partial charge on any atom is 0.0701 e. The number of thiophene rings is 1. The Labute approximate surface area is 120 Å². The van der Waals surface area contributed by atoms with Crippen molar-refractivity contribution >= 4 is 27.3 Å². The van der Waals surface area contributed by atoms with Crippen LogP contribution in [0.15, 0.2) is 27.6 Å². The van der Waals surface area contributed by atoms with Crippen LogP contribution in [-0.2, 0) is 13.5 Å². The van der Waals surface area contributed by atoms with E-state index in [0.717, 1.165) is 19.4 Å². The van der Waals surface area contributed by atoms with Gasteiger partial charge in [-0.2, -0.15) is 5.10 Å². The van der Waals surface area contributed by atoms with Crippen LogP contribution in [0.2, 0.25) is 0 Å². The fourth-order valence-electron chi connectivity index (χ4n) is 1.95. The van der Waals surface area contributed by atoms with E-state index in [9.17, 15) is 0 Å². The van der Waals surface area contributed by atoms with E-state index in [1.54, 1.807) is 11.3 Å². The minimum absolute atomic E-state index is 0.372. The molecule has 2 rings (SSSR count). The van der Waals surface area contributed by atoms with Gasteiger partial charge < -0.3 is 5.32 Å². The number of hydrogen-bond donors (Lipinski definition) is 1. The first-order valence-corrected chi connectivity index (χ1v) is 7.81. The lowest BCUT2D eigenvalue weighted by Crippen LogP contribution is -2.23. The summed E-state index contributed by atoms with van der Waals surface area (Å²) in [6.07, 6.45) is 6.16. The normalized spacial score (nSPS) is 12.8. The van der Waals surface area contributed by atoms with E-state index >= 15 is 0 Å². The van der Waals surface area contributed by atoms with Gasteiger partial charge in [0.2, 0.25) is 0 Å². The SMILES string of the molecule is CCCNC(Cc1cnn(C)c1)c1csc(Br)c1. The summed E-state index contributed by atoms with van der Waals surface area (Å²) in [7, 11) is 1.96. The molecule has 0 radical (unpaired) electrons. The highest BCUT2D eigenvalue weighted by atomic mass is 79.9. The van der Waals surface area contributed by atoms with Crippen LogP contribution in [0.5, 0.6) is 0 Å². The molecule has 0 aliphatic rings. The third kappa shape index (κ3) is 3.67. The number of aromatic nitrogens is 2. The fraction of sp³-hybridized carbons (Fsp3) is 0.462. The van der Waals surface area contributed by atoms with Crippen molar-refractivity contribution in [3.05, 3.63) is 38.8 Å². The summed E-state index contributed by atoms with van der Waals surface area (Å²) in [4.78, 5) is 0. The Morgan fingerprint density at radius 1 is 1.56 bits per heavy atom. The highest BCUT2D eigenvalue weighted by molar-refractivity contribution is 9.11. The van der Waals surface area contributed by atoms with Gasteiger partial charge in [0.1, 0.15) is 0 Å². The number of aryl methyl sites for hydroxylation is 1. The van der Waals surface area contributed by atoms with Crippen molar-refractivity contribution in [1.29, 1.82) is 0 Å². The van der Waals surface area contributed by atoms with E-state index < -0.39 is 0 Å². The van der Waals surface area contributed by atoms with E-state index in [2.05, 4.69) is 50.9 Å². The van der Waals surface area contributed by atoms with Gasteiger partial charge in [-0.25, -0.2) is 0 Å². The molecule has 1 unspecified atom stereocenters. The molecular formula is C13H18BrN3S. The number of halogens is 1. The minimum atomic E-state index is 0.372. The summed E-state index contributed by atoms with van der Waals surface area (Å²) < 4.78 is 3.04. The summed E-state index contributed by atoms with van der Waals surface area (Å²) in [6, 6.07) is 2.57. The second kappa shape index (κ2) is 6.50. The summed E-state index contributed by atoms with van der Waals surface area (Å²) in [5.74, 6) is 0. The molecule has 0 aliphatic carbocycles. The quantitative estimate of drug-likeness (QED) is 0.879. The predicted molar refractivity (Wildman–Crippen MR) is 80.0 cm³/mol. The molecule has 0 aromatic carbocycles. The molecule has 0 fully saturated rings. The van der Waals surface area contributed by atoms with Gasteiger partial charge in [-0.05, 0) is 57.9 Å². The molecule has 2 aromatic heterocycles.